The molecule has 0 aromatic heterocycles. The van der Waals surface area contributed by atoms with Gasteiger partial charge in [-0.05, 0) is 48.0 Å². The Kier molecular flexibility index (Phi) is 7.57. The van der Waals surface area contributed by atoms with Crippen LogP contribution in [0.25, 0.3) is 6.08 Å². The van der Waals surface area contributed by atoms with E-state index in [1.807, 2.05) is 43.3 Å². The molecule has 0 N–H and O–H groups in total. The molecule has 31 heavy (non-hydrogen) atoms. The van der Waals surface area contributed by atoms with Gasteiger partial charge in [0.05, 0.1) is 5.56 Å². The summed E-state index contributed by atoms with van der Waals surface area (Å²) in [5.74, 6) is -0.656. The predicted molar refractivity (Wildman–Crippen MR) is 113 cm³/mol. The number of carbonyl (C=O) groups is 2. The number of nitrogens with zero attached hydrogens (tertiary/aromatic N) is 3. The molecule has 1 heterocycles. The van der Waals surface area contributed by atoms with E-state index in [1.165, 1.54) is 17.0 Å². The molecule has 0 atom stereocenters. The Morgan fingerprint density at radius 2 is 1.48 bits per heavy atom. The van der Waals surface area contributed by atoms with E-state index in [4.69, 9.17) is 4.74 Å². The first-order valence-electron chi connectivity index (χ1n) is 9.10. The maximum atomic E-state index is 12.6. The first-order valence-corrected chi connectivity index (χ1v) is 9.10. The Labute approximate surface area is 178 Å². The number of ether oxygens (including phenoxy) is 1. The van der Waals surface area contributed by atoms with Crippen molar-refractivity contribution in [1.29, 1.82) is 0 Å². The van der Waals surface area contributed by atoms with Crippen LogP contribution in [0, 0.1) is 0 Å². The van der Waals surface area contributed by atoms with Crippen molar-refractivity contribution >= 4 is 30.0 Å². The standard InChI is InChI=1S/C19H15F3N2O2.C3H7NO/c1-24(2)15-9-3-12(4-10-15)11-16-18(25)26-17(23-16)13-5-7-14(8-6-13)19(20,21)22;1-4(2)3-5/h3-11H,1-2H3;3H,1-2H3/b16-11-;. The first kappa shape index (κ1) is 23.7. The topological polar surface area (TPSA) is 62.2 Å². The van der Waals surface area contributed by atoms with Gasteiger partial charge in [0.1, 0.15) is 0 Å². The van der Waals surface area contributed by atoms with Crippen LogP contribution < -0.4 is 4.90 Å². The number of amides is 1. The highest BCUT2D eigenvalue weighted by molar-refractivity contribution is 6.12. The van der Waals surface area contributed by atoms with Crippen LogP contribution in [-0.4, -0.2) is 51.4 Å². The summed E-state index contributed by atoms with van der Waals surface area (Å²) in [6, 6.07) is 11.8. The van der Waals surface area contributed by atoms with Gasteiger partial charge in [0.15, 0.2) is 5.70 Å². The number of alkyl halides is 3. The van der Waals surface area contributed by atoms with E-state index in [0.717, 1.165) is 29.8 Å². The molecule has 6 nitrogen and oxygen atoms in total. The van der Waals surface area contributed by atoms with Crippen molar-refractivity contribution in [3.8, 4) is 0 Å². The van der Waals surface area contributed by atoms with Crippen LogP contribution in [0.4, 0.5) is 18.9 Å². The van der Waals surface area contributed by atoms with Gasteiger partial charge in [-0.3, -0.25) is 4.79 Å². The van der Waals surface area contributed by atoms with Gasteiger partial charge in [-0.1, -0.05) is 12.1 Å². The fourth-order valence-corrected chi connectivity index (χ4v) is 2.36. The fraction of sp³-hybridized carbons (Fsp3) is 0.227. The second-order valence-electron chi connectivity index (χ2n) is 6.97. The minimum atomic E-state index is -4.42. The lowest BCUT2D eigenvalue weighted by Gasteiger charge is -2.11. The zero-order valence-electron chi connectivity index (χ0n) is 17.5. The number of aliphatic imine (C=N–C) groups is 1. The third-order valence-corrected chi connectivity index (χ3v) is 4.00. The van der Waals surface area contributed by atoms with Crippen molar-refractivity contribution in [1.82, 2.24) is 4.90 Å². The molecular formula is C22H22F3N3O3. The van der Waals surface area contributed by atoms with Gasteiger partial charge in [0.2, 0.25) is 12.3 Å². The van der Waals surface area contributed by atoms with Crippen molar-refractivity contribution in [3.05, 3.63) is 70.9 Å². The SMILES string of the molecule is CN(C)C=O.CN(C)c1ccc(/C=C2\N=C(c3ccc(C(F)(F)F)cc3)OC2=O)cc1. The third kappa shape index (κ3) is 6.70. The van der Waals surface area contributed by atoms with E-state index in [9.17, 15) is 22.8 Å². The minimum absolute atomic E-state index is 0.0140. The van der Waals surface area contributed by atoms with Crippen LogP contribution in [0.5, 0.6) is 0 Å². The second kappa shape index (κ2) is 9.92. The summed E-state index contributed by atoms with van der Waals surface area (Å²) in [4.78, 5) is 28.9. The number of anilines is 1. The summed E-state index contributed by atoms with van der Waals surface area (Å²) in [5.41, 5.74) is 1.40. The Hall–Kier alpha value is -3.62. The number of carbonyl (C=O) groups excluding carboxylic acids is 2. The summed E-state index contributed by atoms with van der Waals surface area (Å²) < 4.78 is 42.9. The van der Waals surface area contributed by atoms with E-state index in [1.54, 1.807) is 20.2 Å². The summed E-state index contributed by atoms with van der Waals surface area (Å²) in [7, 11) is 7.21. The first-order chi connectivity index (χ1) is 14.5. The molecule has 1 aliphatic heterocycles. The summed E-state index contributed by atoms with van der Waals surface area (Å²) in [5, 5.41) is 0. The van der Waals surface area contributed by atoms with Gasteiger partial charge >= 0.3 is 12.1 Å². The van der Waals surface area contributed by atoms with Crippen LogP contribution in [0.3, 0.4) is 0 Å². The highest BCUT2D eigenvalue weighted by Crippen LogP contribution is 2.29. The molecule has 1 aliphatic rings. The van der Waals surface area contributed by atoms with Crippen molar-refractivity contribution in [3.63, 3.8) is 0 Å². The lowest BCUT2D eigenvalue weighted by Crippen LogP contribution is -2.08. The molecule has 0 unspecified atom stereocenters. The number of halogens is 3. The molecule has 2 aromatic carbocycles. The second-order valence-corrected chi connectivity index (χ2v) is 6.97. The van der Waals surface area contributed by atoms with Gasteiger partial charge in [-0.2, -0.15) is 13.2 Å². The summed E-state index contributed by atoms with van der Waals surface area (Å²) in [6.45, 7) is 0. The normalized spacial score (nSPS) is 14.4. The van der Waals surface area contributed by atoms with Crippen LogP contribution in [0.2, 0.25) is 0 Å². The van der Waals surface area contributed by atoms with E-state index >= 15 is 0 Å². The van der Waals surface area contributed by atoms with E-state index in [2.05, 4.69) is 4.99 Å². The number of hydrogen-bond acceptors (Lipinski definition) is 5. The Bertz CT molecular complexity index is 978. The fourth-order valence-electron chi connectivity index (χ4n) is 2.36. The summed E-state index contributed by atoms with van der Waals surface area (Å²) in [6.07, 6.45) is -2.10. The van der Waals surface area contributed by atoms with Crippen LogP contribution in [-0.2, 0) is 20.5 Å². The van der Waals surface area contributed by atoms with Crippen molar-refractivity contribution in [2.75, 3.05) is 33.1 Å². The Morgan fingerprint density at radius 3 is 1.94 bits per heavy atom. The molecule has 0 saturated heterocycles. The molecule has 0 bridgehead atoms. The maximum Gasteiger partial charge on any atom is 0.416 e. The van der Waals surface area contributed by atoms with Gasteiger partial charge in [0, 0.05) is 39.4 Å². The van der Waals surface area contributed by atoms with Gasteiger partial charge in [-0.15, -0.1) is 0 Å². The predicted octanol–water partition coefficient (Wildman–Crippen LogP) is 3.82. The number of benzene rings is 2. The summed E-state index contributed by atoms with van der Waals surface area (Å²) >= 11 is 0. The van der Waals surface area contributed by atoms with Crippen molar-refractivity contribution in [2.45, 2.75) is 6.18 Å². The minimum Gasteiger partial charge on any atom is -0.402 e. The molecule has 0 aliphatic carbocycles. The molecule has 0 saturated carbocycles. The van der Waals surface area contributed by atoms with Gasteiger partial charge in [-0.25, -0.2) is 9.79 Å². The smallest absolute Gasteiger partial charge is 0.402 e. The molecule has 0 spiro atoms. The lowest BCUT2D eigenvalue weighted by molar-refractivity contribution is -0.137. The number of hydrogen-bond donors (Lipinski definition) is 0. The van der Waals surface area contributed by atoms with Gasteiger partial charge < -0.3 is 14.5 Å². The van der Waals surface area contributed by atoms with E-state index in [-0.39, 0.29) is 11.6 Å². The largest absolute Gasteiger partial charge is 0.416 e. The van der Waals surface area contributed by atoms with Crippen LogP contribution in [0.15, 0.2) is 59.2 Å². The van der Waals surface area contributed by atoms with Crippen molar-refractivity contribution in [2.24, 2.45) is 4.99 Å². The molecular weight excluding hydrogens is 411 g/mol. The monoisotopic (exact) mass is 433 g/mol. The highest BCUT2D eigenvalue weighted by atomic mass is 19.4. The Morgan fingerprint density at radius 1 is 0.935 bits per heavy atom. The van der Waals surface area contributed by atoms with Gasteiger partial charge in [0.25, 0.3) is 0 Å². The molecule has 9 heteroatoms. The number of cyclic esters (lactones) is 1. The zero-order chi connectivity index (χ0) is 23.2. The quantitative estimate of drug-likeness (QED) is 0.418. The number of rotatable bonds is 4. The lowest BCUT2D eigenvalue weighted by atomic mass is 10.1. The molecule has 164 valence electrons. The van der Waals surface area contributed by atoms with E-state index < -0.39 is 17.7 Å². The average Bonchev–Trinajstić information content (AvgIpc) is 3.08. The average molecular weight is 433 g/mol. The molecule has 1 amide bonds. The van der Waals surface area contributed by atoms with Crippen molar-refractivity contribution < 1.29 is 27.5 Å². The highest BCUT2D eigenvalue weighted by Gasteiger charge is 2.31. The molecule has 2 aromatic rings. The molecule has 0 fully saturated rings. The van der Waals surface area contributed by atoms with Crippen LogP contribution >= 0.6 is 0 Å². The van der Waals surface area contributed by atoms with E-state index in [0.29, 0.717) is 5.56 Å². The zero-order valence-corrected chi connectivity index (χ0v) is 17.5. The molecule has 3 rings (SSSR count). The number of esters is 1. The third-order valence-electron chi connectivity index (χ3n) is 4.00. The molecule has 0 radical (unpaired) electrons. The Balaban J connectivity index is 0.000000614. The maximum absolute atomic E-state index is 12.6. The van der Waals surface area contributed by atoms with Crippen LogP contribution in [0.1, 0.15) is 16.7 Å².